The van der Waals surface area contributed by atoms with E-state index in [1.165, 1.54) is 0 Å². The van der Waals surface area contributed by atoms with Crippen LogP contribution in [0.3, 0.4) is 0 Å². The zero-order valence-electron chi connectivity index (χ0n) is 15.2. The Bertz CT molecular complexity index is 698. The molecule has 0 spiro atoms. The standard InChI is InChI=1S/C19H26N4O2/c1-4-16(14-9-6-5-7-10-14)18(24)23-12-8-11-15(13-23)17-20-19(21-25-17)22(2)3/h5-7,9-10,15-16H,4,8,11-13H2,1-3H3. The molecule has 1 aromatic heterocycles. The Morgan fingerprint density at radius 3 is 2.76 bits per heavy atom. The smallest absolute Gasteiger partial charge is 0.265 e. The molecule has 25 heavy (non-hydrogen) atoms. The second-order valence-corrected chi connectivity index (χ2v) is 6.82. The molecule has 6 nitrogen and oxygen atoms in total. The number of hydrogen-bond donors (Lipinski definition) is 0. The quantitative estimate of drug-likeness (QED) is 0.836. The van der Waals surface area contributed by atoms with Gasteiger partial charge in [-0.1, -0.05) is 37.3 Å². The van der Waals surface area contributed by atoms with Crippen LogP contribution in [-0.2, 0) is 4.79 Å². The summed E-state index contributed by atoms with van der Waals surface area (Å²) in [5.41, 5.74) is 1.09. The highest BCUT2D eigenvalue weighted by molar-refractivity contribution is 5.83. The van der Waals surface area contributed by atoms with Gasteiger partial charge in [-0.15, -0.1) is 0 Å². The van der Waals surface area contributed by atoms with Crippen molar-refractivity contribution in [1.29, 1.82) is 0 Å². The van der Waals surface area contributed by atoms with Crippen molar-refractivity contribution in [2.45, 2.75) is 38.0 Å². The van der Waals surface area contributed by atoms with Crippen molar-refractivity contribution in [3.8, 4) is 0 Å². The van der Waals surface area contributed by atoms with Gasteiger partial charge in [0.05, 0.1) is 11.8 Å². The van der Waals surface area contributed by atoms with Crippen LogP contribution in [0.2, 0.25) is 0 Å². The Morgan fingerprint density at radius 2 is 2.12 bits per heavy atom. The summed E-state index contributed by atoms with van der Waals surface area (Å²) in [5.74, 6) is 1.45. The summed E-state index contributed by atoms with van der Waals surface area (Å²) in [6, 6.07) is 10.0. The molecule has 1 aromatic carbocycles. The number of hydrogen-bond acceptors (Lipinski definition) is 5. The summed E-state index contributed by atoms with van der Waals surface area (Å²) in [4.78, 5) is 21.3. The first-order valence-corrected chi connectivity index (χ1v) is 8.94. The first-order chi connectivity index (χ1) is 12.1. The fourth-order valence-corrected chi connectivity index (χ4v) is 3.41. The van der Waals surface area contributed by atoms with Gasteiger partial charge < -0.3 is 14.3 Å². The number of rotatable bonds is 5. The molecule has 3 rings (SSSR count). The molecule has 6 heteroatoms. The van der Waals surface area contributed by atoms with E-state index in [-0.39, 0.29) is 17.7 Å². The summed E-state index contributed by atoms with van der Waals surface area (Å²) >= 11 is 0. The van der Waals surface area contributed by atoms with Crippen molar-refractivity contribution in [1.82, 2.24) is 15.0 Å². The lowest BCUT2D eigenvalue weighted by molar-refractivity contribution is -0.134. The topological polar surface area (TPSA) is 62.5 Å². The Labute approximate surface area is 148 Å². The van der Waals surface area contributed by atoms with Crippen molar-refractivity contribution in [2.75, 3.05) is 32.1 Å². The lowest BCUT2D eigenvalue weighted by Gasteiger charge is -2.33. The Kier molecular flexibility index (Phi) is 5.36. The molecule has 2 unspecified atom stereocenters. The summed E-state index contributed by atoms with van der Waals surface area (Å²) in [5, 5.41) is 4.00. The van der Waals surface area contributed by atoms with Crippen molar-refractivity contribution in [2.24, 2.45) is 0 Å². The van der Waals surface area contributed by atoms with E-state index in [4.69, 9.17) is 4.52 Å². The predicted molar refractivity (Wildman–Crippen MR) is 96.7 cm³/mol. The van der Waals surface area contributed by atoms with Gasteiger partial charge in [0.15, 0.2) is 0 Å². The van der Waals surface area contributed by atoms with E-state index < -0.39 is 0 Å². The normalized spacial score (nSPS) is 18.8. The van der Waals surface area contributed by atoms with Crippen LogP contribution in [-0.4, -0.2) is 48.1 Å². The number of nitrogens with zero attached hydrogens (tertiary/aromatic N) is 4. The molecule has 2 aromatic rings. The largest absolute Gasteiger partial charge is 0.344 e. The molecular formula is C19H26N4O2. The summed E-state index contributed by atoms with van der Waals surface area (Å²) < 4.78 is 5.42. The molecule has 2 heterocycles. The first kappa shape index (κ1) is 17.5. The molecule has 0 N–H and O–H groups in total. The maximum absolute atomic E-state index is 13.1. The average molecular weight is 342 g/mol. The Morgan fingerprint density at radius 1 is 1.36 bits per heavy atom. The van der Waals surface area contributed by atoms with Crippen molar-refractivity contribution in [3.05, 3.63) is 41.8 Å². The van der Waals surface area contributed by atoms with E-state index in [2.05, 4.69) is 17.1 Å². The van der Waals surface area contributed by atoms with E-state index in [0.29, 0.717) is 18.4 Å². The van der Waals surface area contributed by atoms with Gasteiger partial charge in [-0.2, -0.15) is 4.98 Å². The number of anilines is 1. The molecule has 1 amide bonds. The number of carbonyl (C=O) groups excluding carboxylic acids is 1. The molecule has 1 aliphatic heterocycles. The molecule has 2 atom stereocenters. The summed E-state index contributed by atoms with van der Waals surface area (Å²) in [6.45, 7) is 3.52. The molecule has 0 saturated carbocycles. The number of carbonyl (C=O) groups is 1. The second-order valence-electron chi connectivity index (χ2n) is 6.82. The molecule has 0 radical (unpaired) electrons. The molecule has 1 saturated heterocycles. The number of likely N-dealkylation sites (tertiary alicyclic amines) is 1. The van der Waals surface area contributed by atoms with Gasteiger partial charge in [0.1, 0.15) is 0 Å². The highest BCUT2D eigenvalue weighted by Gasteiger charge is 2.32. The minimum atomic E-state index is -0.0834. The fraction of sp³-hybridized carbons (Fsp3) is 0.526. The number of amides is 1. The minimum absolute atomic E-state index is 0.0834. The monoisotopic (exact) mass is 342 g/mol. The average Bonchev–Trinajstić information content (AvgIpc) is 3.14. The van der Waals surface area contributed by atoms with Gasteiger partial charge in [0, 0.05) is 27.2 Å². The molecule has 0 bridgehead atoms. The number of piperidine rings is 1. The van der Waals surface area contributed by atoms with Gasteiger partial charge in [-0.05, 0) is 30.0 Å². The second kappa shape index (κ2) is 7.68. The SMILES string of the molecule is CCC(C(=O)N1CCCC(c2nc(N(C)C)no2)C1)c1ccccc1. The summed E-state index contributed by atoms with van der Waals surface area (Å²) in [6.07, 6.45) is 2.73. The van der Waals surface area contributed by atoms with Crippen LogP contribution in [0.5, 0.6) is 0 Å². The van der Waals surface area contributed by atoms with Gasteiger partial charge in [-0.3, -0.25) is 4.79 Å². The van der Waals surface area contributed by atoms with Gasteiger partial charge >= 0.3 is 0 Å². The third-order valence-electron chi connectivity index (χ3n) is 4.82. The van der Waals surface area contributed by atoms with Crippen molar-refractivity contribution < 1.29 is 9.32 Å². The van der Waals surface area contributed by atoms with Crippen LogP contribution in [0.15, 0.2) is 34.9 Å². The maximum atomic E-state index is 13.1. The highest BCUT2D eigenvalue weighted by Crippen LogP contribution is 2.30. The molecule has 134 valence electrons. The third-order valence-corrected chi connectivity index (χ3v) is 4.82. The lowest BCUT2D eigenvalue weighted by Crippen LogP contribution is -2.41. The summed E-state index contributed by atoms with van der Waals surface area (Å²) in [7, 11) is 3.77. The van der Waals surface area contributed by atoms with Crippen molar-refractivity contribution >= 4 is 11.9 Å². The third kappa shape index (κ3) is 3.83. The predicted octanol–water partition coefficient (Wildman–Crippen LogP) is 3.04. The van der Waals surface area contributed by atoms with E-state index in [0.717, 1.165) is 31.4 Å². The van der Waals surface area contributed by atoms with E-state index >= 15 is 0 Å². The van der Waals surface area contributed by atoms with Crippen LogP contribution in [0.4, 0.5) is 5.95 Å². The Hall–Kier alpha value is -2.37. The molecule has 0 aliphatic carbocycles. The van der Waals surface area contributed by atoms with Crippen LogP contribution in [0.25, 0.3) is 0 Å². The number of aromatic nitrogens is 2. The lowest BCUT2D eigenvalue weighted by atomic mass is 9.92. The van der Waals surface area contributed by atoms with Gasteiger partial charge in [0.2, 0.25) is 11.8 Å². The molecule has 1 aliphatic rings. The molecule has 1 fully saturated rings. The zero-order valence-corrected chi connectivity index (χ0v) is 15.2. The van der Waals surface area contributed by atoms with Crippen LogP contribution < -0.4 is 4.90 Å². The Balaban J connectivity index is 1.72. The van der Waals surface area contributed by atoms with Crippen LogP contribution >= 0.6 is 0 Å². The van der Waals surface area contributed by atoms with E-state index in [9.17, 15) is 4.79 Å². The minimum Gasteiger partial charge on any atom is -0.344 e. The zero-order chi connectivity index (χ0) is 17.8. The fourth-order valence-electron chi connectivity index (χ4n) is 3.41. The van der Waals surface area contributed by atoms with E-state index in [1.807, 2.05) is 54.2 Å². The van der Waals surface area contributed by atoms with Crippen LogP contribution in [0.1, 0.15) is 49.5 Å². The maximum Gasteiger partial charge on any atom is 0.265 e. The van der Waals surface area contributed by atoms with E-state index in [1.54, 1.807) is 0 Å². The number of benzene rings is 1. The van der Waals surface area contributed by atoms with Crippen LogP contribution in [0, 0.1) is 0 Å². The van der Waals surface area contributed by atoms with Gasteiger partial charge in [-0.25, -0.2) is 0 Å². The van der Waals surface area contributed by atoms with Gasteiger partial charge in [0.25, 0.3) is 5.95 Å². The van der Waals surface area contributed by atoms with Crippen molar-refractivity contribution in [3.63, 3.8) is 0 Å². The molecular weight excluding hydrogens is 316 g/mol. The highest BCUT2D eigenvalue weighted by atomic mass is 16.5. The first-order valence-electron chi connectivity index (χ1n) is 8.94.